The van der Waals surface area contributed by atoms with Crippen LogP contribution in [-0.2, 0) is 0 Å². The van der Waals surface area contributed by atoms with E-state index in [1.165, 1.54) is 6.07 Å². The number of rotatable bonds is 5. The van der Waals surface area contributed by atoms with Gasteiger partial charge in [0.25, 0.3) is 0 Å². The maximum atomic E-state index is 14.2. The highest BCUT2D eigenvalue weighted by Gasteiger charge is 2.33. The van der Waals surface area contributed by atoms with E-state index in [-0.39, 0.29) is 6.04 Å². The van der Waals surface area contributed by atoms with E-state index >= 15 is 0 Å². The van der Waals surface area contributed by atoms with Gasteiger partial charge in [-0.15, -0.1) is 0 Å². The zero-order valence-corrected chi connectivity index (χ0v) is 12.3. The highest BCUT2D eigenvalue weighted by Crippen LogP contribution is 2.37. The normalized spacial score (nSPS) is 24.0. The van der Waals surface area contributed by atoms with Crippen molar-refractivity contribution in [3.8, 4) is 0 Å². The van der Waals surface area contributed by atoms with Crippen LogP contribution in [0.2, 0.25) is 0 Å². The lowest BCUT2D eigenvalue weighted by atomic mass is 9.84. The Hall–Kier alpha value is -1.00. The number of hydrogen-bond acceptors (Lipinski definition) is 2. The number of piperidine rings is 1. The van der Waals surface area contributed by atoms with Crippen LogP contribution in [-0.4, -0.2) is 31.6 Å². The fraction of sp³-hybridized carbons (Fsp3) is 0.625. The average Bonchev–Trinajstić information content (AvgIpc) is 2.41. The highest BCUT2D eigenvalue weighted by molar-refractivity contribution is 5.23. The van der Waals surface area contributed by atoms with Crippen molar-refractivity contribution in [3.05, 3.63) is 35.4 Å². The molecule has 20 heavy (non-hydrogen) atoms. The molecule has 0 aromatic heterocycles. The average molecular weight is 282 g/mol. The second kappa shape index (κ2) is 7.14. The van der Waals surface area contributed by atoms with E-state index in [1.54, 1.807) is 6.07 Å². The van der Waals surface area contributed by atoms with Crippen LogP contribution in [0.25, 0.3) is 0 Å². The molecule has 1 aromatic rings. The van der Waals surface area contributed by atoms with Crippen molar-refractivity contribution in [3.63, 3.8) is 0 Å². The van der Waals surface area contributed by atoms with Gasteiger partial charge in [-0.25, -0.2) is 8.78 Å². The van der Waals surface area contributed by atoms with Gasteiger partial charge in [-0.2, -0.15) is 0 Å². The summed E-state index contributed by atoms with van der Waals surface area (Å²) in [5.41, 5.74) is 0.639. The Labute approximate surface area is 120 Å². The molecule has 0 radical (unpaired) electrons. The number of halogens is 2. The lowest BCUT2D eigenvalue weighted by Gasteiger charge is -2.42. The molecule has 4 heteroatoms. The molecule has 1 fully saturated rings. The number of likely N-dealkylation sites (tertiary alicyclic amines) is 1. The first-order valence-electron chi connectivity index (χ1n) is 7.51. The van der Waals surface area contributed by atoms with Crippen LogP contribution in [0.1, 0.15) is 37.8 Å². The molecule has 1 saturated heterocycles. The van der Waals surface area contributed by atoms with Crippen LogP contribution >= 0.6 is 0 Å². The summed E-state index contributed by atoms with van der Waals surface area (Å²) in [7, 11) is 1.93. The van der Waals surface area contributed by atoms with Crippen LogP contribution in [0.3, 0.4) is 0 Å². The molecule has 1 heterocycles. The summed E-state index contributed by atoms with van der Waals surface area (Å²) in [6.07, 6.45) is 3.28. The Morgan fingerprint density at radius 2 is 2.15 bits per heavy atom. The van der Waals surface area contributed by atoms with Crippen molar-refractivity contribution in [2.45, 2.75) is 32.2 Å². The van der Waals surface area contributed by atoms with Gasteiger partial charge in [0.15, 0.2) is 0 Å². The van der Waals surface area contributed by atoms with Gasteiger partial charge in [0.2, 0.25) is 0 Å². The van der Waals surface area contributed by atoms with Gasteiger partial charge in [0, 0.05) is 17.7 Å². The quantitative estimate of drug-likeness (QED) is 0.891. The van der Waals surface area contributed by atoms with Crippen LogP contribution in [0.15, 0.2) is 18.2 Å². The van der Waals surface area contributed by atoms with Crippen LogP contribution in [0.5, 0.6) is 0 Å². The van der Waals surface area contributed by atoms with Gasteiger partial charge >= 0.3 is 0 Å². The van der Waals surface area contributed by atoms with Crippen molar-refractivity contribution in [2.75, 3.05) is 26.7 Å². The Balaban J connectivity index is 2.32. The summed E-state index contributed by atoms with van der Waals surface area (Å²) in [6.45, 7) is 4.96. The van der Waals surface area contributed by atoms with Crippen molar-refractivity contribution in [2.24, 2.45) is 5.92 Å². The Bertz CT molecular complexity index is 418. The lowest BCUT2D eigenvalue weighted by Crippen LogP contribution is -2.42. The Morgan fingerprint density at radius 1 is 1.35 bits per heavy atom. The van der Waals surface area contributed by atoms with Crippen LogP contribution < -0.4 is 5.32 Å². The standard InChI is InChI=1S/C16H24F2N2/c1-3-8-20-9-4-5-12(11-19-2)16(20)14-7-6-13(17)10-15(14)18/h6-7,10,12,16,19H,3-5,8-9,11H2,1-2H3. The molecule has 2 atom stereocenters. The molecule has 1 aliphatic rings. The maximum Gasteiger partial charge on any atom is 0.130 e. The van der Waals surface area contributed by atoms with Crippen molar-refractivity contribution < 1.29 is 8.78 Å². The van der Waals surface area contributed by atoms with Gasteiger partial charge in [-0.05, 0) is 57.9 Å². The van der Waals surface area contributed by atoms with Gasteiger partial charge in [0.1, 0.15) is 11.6 Å². The molecular weight excluding hydrogens is 258 g/mol. The van der Waals surface area contributed by atoms with Gasteiger partial charge in [-0.3, -0.25) is 4.90 Å². The molecule has 2 rings (SSSR count). The molecule has 112 valence electrons. The predicted octanol–water partition coefficient (Wildman–Crippen LogP) is 3.35. The topological polar surface area (TPSA) is 15.3 Å². The zero-order valence-electron chi connectivity index (χ0n) is 12.3. The van der Waals surface area contributed by atoms with E-state index in [1.807, 2.05) is 7.05 Å². The first kappa shape index (κ1) is 15.4. The summed E-state index contributed by atoms with van der Waals surface area (Å²) in [4.78, 5) is 2.35. The summed E-state index contributed by atoms with van der Waals surface area (Å²) < 4.78 is 27.3. The van der Waals surface area contributed by atoms with Crippen LogP contribution in [0, 0.1) is 17.6 Å². The third kappa shape index (κ3) is 3.36. The van der Waals surface area contributed by atoms with Gasteiger partial charge < -0.3 is 5.32 Å². The van der Waals surface area contributed by atoms with Crippen molar-refractivity contribution in [1.29, 1.82) is 0 Å². The van der Waals surface area contributed by atoms with E-state index in [2.05, 4.69) is 17.1 Å². The number of benzene rings is 1. The molecule has 0 bridgehead atoms. The van der Waals surface area contributed by atoms with Gasteiger partial charge in [0.05, 0.1) is 0 Å². The van der Waals surface area contributed by atoms with Crippen LogP contribution in [0.4, 0.5) is 8.78 Å². The summed E-state index contributed by atoms with van der Waals surface area (Å²) in [5.74, 6) is -0.548. The van der Waals surface area contributed by atoms with Crippen molar-refractivity contribution in [1.82, 2.24) is 10.2 Å². The molecule has 2 nitrogen and oxygen atoms in total. The molecule has 0 spiro atoms. The molecule has 1 N–H and O–H groups in total. The van der Waals surface area contributed by atoms with E-state index < -0.39 is 11.6 Å². The van der Waals surface area contributed by atoms with Crippen molar-refractivity contribution >= 4 is 0 Å². The molecule has 0 saturated carbocycles. The van der Waals surface area contributed by atoms with E-state index in [0.29, 0.717) is 11.5 Å². The fourth-order valence-corrected chi connectivity index (χ4v) is 3.36. The summed E-state index contributed by atoms with van der Waals surface area (Å²) in [5, 5.41) is 3.21. The minimum atomic E-state index is -0.505. The minimum Gasteiger partial charge on any atom is -0.319 e. The molecule has 1 aromatic carbocycles. The molecule has 0 amide bonds. The Morgan fingerprint density at radius 3 is 2.80 bits per heavy atom. The third-order valence-corrected chi connectivity index (χ3v) is 4.12. The molecular formula is C16H24F2N2. The second-order valence-corrected chi connectivity index (χ2v) is 5.61. The largest absolute Gasteiger partial charge is 0.319 e. The maximum absolute atomic E-state index is 14.2. The predicted molar refractivity (Wildman–Crippen MR) is 77.6 cm³/mol. The monoisotopic (exact) mass is 282 g/mol. The number of hydrogen-bond donors (Lipinski definition) is 1. The summed E-state index contributed by atoms with van der Waals surface area (Å²) >= 11 is 0. The fourth-order valence-electron chi connectivity index (χ4n) is 3.36. The smallest absolute Gasteiger partial charge is 0.130 e. The first-order valence-corrected chi connectivity index (χ1v) is 7.51. The van der Waals surface area contributed by atoms with E-state index in [4.69, 9.17) is 0 Å². The summed E-state index contributed by atoms with van der Waals surface area (Å²) in [6, 6.07) is 4.04. The first-order chi connectivity index (χ1) is 9.67. The zero-order chi connectivity index (χ0) is 14.5. The van der Waals surface area contributed by atoms with E-state index in [0.717, 1.165) is 45.0 Å². The lowest BCUT2D eigenvalue weighted by molar-refractivity contribution is 0.0897. The minimum absolute atomic E-state index is 0.0525. The second-order valence-electron chi connectivity index (χ2n) is 5.61. The SMILES string of the molecule is CCCN1CCCC(CNC)C1c1ccc(F)cc1F. The number of nitrogens with zero attached hydrogens (tertiary/aromatic N) is 1. The molecule has 1 aliphatic heterocycles. The Kier molecular flexibility index (Phi) is 5.49. The van der Waals surface area contributed by atoms with Gasteiger partial charge in [-0.1, -0.05) is 13.0 Å². The number of nitrogens with one attached hydrogen (secondary N) is 1. The van der Waals surface area contributed by atoms with E-state index in [9.17, 15) is 8.78 Å². The highest BCUT2D eigenvalue weighted by atomic mass is 19.1. The third-order valence-electron chi connectivity index (χ3n) is 4.12. The molecule has 2 unspecified atom stereocenters. The molecule has 0 aliphatic carbocycles.